The van der Waals surface area contributed by atoms with Crippen molar-refractivity contribution in [2.24, 2.45) is 0 Å². The maximum Gasteiger partial charge on any atom is 0.227 e. The van der Waals surface area contributed by atoms with Crippen LogP contribution in [0.15, 0.2) is 53.6 Å². The van der Waals surface area contributed by atoms with E-state index in [0.29, 0.717) is 28.3 Å². The Balaban J connectivity index is 0.000000297. The Morgan fingerprint density at radius 3 is 2.38 bits per heavy atom. The number of anilines is 2. The number of nitrogens with two attached hydrogens (primary N) is 1. The van der Waals surface area contributed by atoms with Crippen LogP contribution >= 0.6 is 0 Å². The molecule has 15 heteroatoms. The highest BCUT2D eigenvalue weighted by Crippen LogP contribution is 2.35. The highest BCUT2D eigenvalue weighted by atomic mass is 32.2. The van der Waals surface area contributed by atoms with Gasteiger partial charge in [-0.15, -0.1) is 0 Å². The van der Waals surface area contributed by atoms with Crippen LogP contribution in [0, 0.1) is 38.2 Å². The average Bonchev–Trinajstić information content (AvgIpc) is 2.92. The summed E-state index contributed by atoms with van der Waals surface area (Å²) in [6.07, 6.45) is 2.85. The van der Waals surface area contributed by atoms with Crippen molar-refractivity contribution < 1.29 is 45.1 Å². The normalized spacial score (nSPS) is 13.8. The molecule has 3 N–H and O–H groups in total. The zero-order valence-corrected chi connectivity index (χ0v) is 26.5. The maximum absolute atomic E-state index is 14.6. The summed E-state index contributed by atoms with van der Waals surface area (Å²) in [5, 5.41) is 3.00. The second-order valence-corrected chi connectivity index (χ2v) is 13.1. The van der Waals surface area contributed by atoms with Crippen molar-refractivity contribution >= 4 is 32.4 Å². The number of nitrogens with zero attached hydrogens (tertiary/aromatic N) is 2. The lowest BCUT2D eigenvalue weighted by molar-refractivity contribution is -0.0751. The summed E-state index contributed by atoms with van der Waals surface area (Å²) >= 11 is 0. The molecule has 10 nitrogen and oxygen atoms in total. The first-order valence-electron chi connectivity index (χ1n) is 13.4. The van der Waals surface area contributed by atoms with Gasteiger partial charge in [-0.05, 0) is 61.7 Å². The Hall–Kier alpha value is -4.05. The molecular formula is C30H31F3N4O6S2. The van der Waals surface area contributed by atoms with E-state index in [1.54, 1.807) is 32.0 Å². The van der Waals surface area contributed by atoms with Gasteiger partial charge in [0.2, 0.25) is 11.8 Å². The number of benzene rings is 3. The van der Waals surface area contributed by atoms with Crippen LogP contribution < -0.4 is 19.6 Å². The van der Waals surface area contributed by atoms with Crippen molar-refractivity contribution in [1.82, 2.24) is 9.97 Å². The van der Waals surface area contributed by atoms with Gasteiger partial charge in [-0.25, -0.2) is 31.9 Å². The topological polar surface area (TPSA) is 148 Å². The van der Waals surface area contributed by atoms with E-state index in [4.69, 9.17) is 19.0 Å². The first-order chi connectivity index (χ1) is 21.2. The van der Waals surface area contributed by atoms with Gasteiger partial charge in [0.15, 0.2) is 24.2 Å². The van der Waals surface area contributed by atoms with Crippen LogP contribution in [-0.2, 0) is 31.3 Å². The lowest BCUT2D eigenvalue weighted by atomic mass is 10.1. The molecule has 1 aliphatic heterocycles. The first kappa shape index (κ1) is 33.8. The van der Waals surface area contributed by atoms with Gasteiger partial charge in [-0.1, -0.05) is 17.7 Å². The Labute approximate surface area is 261 Å². The maximum atomic E-state index is 14.6. The SMILES string of the molecule is CS(=[NH2+])Cc1cc2cc(c1)OCCOCOc1c(ccc(F)c1F)-c1nc(ncc1F)N2.Cc1cc(C)c(S(=O)(=O)[O-])c(C)c1. The van der Waals surface area contributed by atoms with Crippen molar-refractivity contribution in [1.29, 1.82) is 0 Å². The second kappa shape index (κ2) is 14.4. The predicted molar refractivity (Wildman–Crippen MR) is 162 cm³/mol. The monoisotopic (exact) mass is 664 g/mol. The summed E-state index contributed by atoms with van der Waals surface area (Å²) in [5.74, 6) is -2.51. The van der Waals surface area contributed by atoms with Crippen LogP contribution in [0.25, 0.3) is 11.3 Å². The molecule has 0 amide bonds. The highest BCUT2D eigenvalue weighted by molar-refractivity contribution is 7.85. The molecule has 1 atom stereocenters. The molecule has 4 aromatic rings. The summed E-state index contributed by atoms with van der Waals surface area (Å²) in [6, 6.07) is 10.9. The molecule has 1 aliphatic rings. The fraction of sp³-hybridized carbons (Fsp3) is 0.267. The average molecular weight is 665 g/mol. The lowest BCUT2D eigenvalue weighted by Crippen LogP contribution is -2.34. The number of nitrogens with one attached hydrogen (secondary N) is 1. The number of halogens is 3. The zero-order chi connectivity index (χ0) is 32.9. The van der Waals surface area contributed by atoms with Gasteiger partial charge in [0.05, 0.1) is 23.5 Å². The Morgan fingerprint density at radius 2 is 1.71 bits per heavy atom. The van der Waals surface area contributed by atoms with Crippen molar-refractivity contribution in [3.8, 4) is 22.8 Å². The van der Waals surface area contributed by atoms with Crippen LogP contribution in [0.1, 0.15) is 22.3 Å². The molecule has 0 fully saturated rings. The Kier molecular flexibility index (Phi) is 10.8. The van der Waals surface area contributed by atoms with Crippen LogP contribution in [0.4, 0.5) is 24.8 Å². The summed E-state index contributed by atoms with van der Waals surface area (Å²) in [7, 11) is -4.67. The summed E-state index contributed by atoms with van der Waals surface area (Å²) in [6.45, 7) is 5.03. The van der Waals surface area contributed by atoms with Gasteiger partial charge in [-0.3, -0.25) is 0 Å². The van der Waals surface area contributed by atoms with Crippen molar-refractivity contribution in [2.45, 2.75) is 31.4 Å². The molecule has 3 aromatic carbocycles. The van der Waals surface area contributed by atoms with E-state index in [0.717, 1.165) is 23.4 Å². The molecule has 0 aliphatic carbocycles. The minimum absolute atomic E-state index is 0.0505. The smallest absolute Gasteiger partial charge is 0.227 e. The standard InChI is InChI=1S/C21H19F3N4O3S.C9H12O3S/c1-32(25)10-12-6-13-8-14(7-12)30-5-4-29-11-31-20-15(2-3-16(22)18(20)24)19-17(23)9-26-21(27-13)28-19;1-6-4-7(2)9(8(3)5-6)13(10,11)12/h2-3,6-9,25H,4-5,10-11H2,1H3,(H,26,27,28);4-5H,1-3H3,(H,10,11,12). The largest absolute Gasteiger partial charge is 0.744 e. The van der Waals surface area contributed by atoms with E-state index in [-0.39, 0.29) is 46.0 Å². The number of hydrogen-bond donors (Lipinski definition) is 2. The fourth-order valence-electron chi connectivity index (χ4n) is 4.71. The van der Waals surface area contributed by atoms with Crippen molar-refractivity contribution in [2.75, 3.05) is 31.6 Å². The molecule has 0 spiro atoms. The molecule has 5 rings (SSSR count). The van der Waals surface area contributed by atoms with E-state index < -0.39 is 40.1 Å². The third-order valence-electron chi connectivity index (χ3n) is 6.30. The number of rotatable bonds is 3. The van der Waals surface area contributed by atoms with Gasteiger partial charge in [-0.2, -0.15) is 4.39 Å². The molecule has 0 radical (unpaired) electrons. The molecule has 1 unspecified atom stereocenters. The minimum Gasteiger partial charge on any atom is -0.744 e. The van der Waals surface area contributed by atoms with E-state index >= 15 is 0 Å². The molecule has 1 aromatic heterocycles. The molecule has 2 heterocycles. The van der Waals surface area contributed by atoms with Gasteiger partial charge in [0, 0.05) is 34.3 Å². The summed E-state index contributed by atoms with van der Waals surface area (Å²) < 4.78 is 97.6. The first-order valence-corrected chi connectivity index (χ1v) is 16.7. The molecular weight excluding hydrogens is 633 g/mol. The van der Waals surface area contributed by atoms with Crippen LogP contribution in [-0.4, -0.2) is 49.2 Å². The Bertz CT molecular complexity index is 1840. The third kappa shape index (κ3) is 8.78. The fourth-order valence-corrected chi connectivity index (χ4v) is 6.31. The molecule has 4 bridgehead atoms. The van der Waals surface area contributed by atoms with Gasteiger partial charge < -0.3 is 24.1 Å². The molecule has 45 heavy (non-hydrogen) atoms. The van der Waals surface area contributed by atoms with E-state index in [1.165, 1.54) is 6.07 Å². The number of fused-ring (bicyclic) bond motifs is 6. The van der Waals surface area contributed by atoms with Crippen molar-refractivity contribution in [3.63, 3.8) is 0 Å². The molecule has 240 valence electrons. The van der Waals surface area contributed by atoms with Gasteiger partial charge >= 0.3 is 0 Å². The second-order valence-electron chi connectivity index (χ2n) is 10.2. The quantitative estimate of drug-likeness (QED) is 0.307. The number of hydrogen-bond acceptors (Lipinski definition) is 9. The Morgan fingerprint density at radius 1 is 1.00 bits per heavy atom. The number of aryl methyl sites for hydroxylation is 3. The highest BCUT2D eigenvalue weighted by Gasteiger charge is 2.21. The molecule has 0 saturated heterocycles. The number of ether oxygens (including phenoxy) is 3. The van der Waals surface area contributed by atoms with E-state index in [2.05, 4.69) is 15.3 Å². The summed E-state index contributed by atoms with van der Waals surface area (Å²) in [4.78, 5) is 8.04. The minimum atomic E-state index is -4.33. The zero-order valence-electron chi connectivity index (χ0n) is 24.8. The summed E-state index contributed by atoms with van der Waals surface area (Å²) in [5.41, 5.74) is 3.20. The lowest BCUT2D eigenvalue weighted by Gasteiger charge is -2.14. The van der Waals surface area contributed by atoms with Crippen LogP contribution in [0.2, 0.25) is 0 Å². The van der Waals surface area contributed by atoms with E-state index in [9.17, 15) is 26.1 Å². The van der Waals surface area contributed by atoms with Crippen LogP contribution in [0.3, 0.4) is 0 Å². The number of aromatic nitrogens is 2. The third-order valence-corrected chi connectivity index (χ3v) is 8.24. The van der Waals surface area contributed by atoms with Crippen LogP contribution in [0.5, 0.6) is 11.5 Å². The van der Waals surface area contributed by atoms with Gasteiger partial charge in [0.1, 0.15) is 28.2 Å². The van der Waals surface area contributed by atoms with E-state index in [1.807, 2.05) is 25.3 Å². The predicted octanol–water partition coefficient (Wildman–Crippen LogP) is 4.26. The van der Waals surface area contributed by atoms with Crippen molar-refractivity contribution in [3.05, 3.63) is 88.4 Å². The molecule has 0 saturated carbocycles. The van der Waals surface area contributed by atoms with Gasteiger partial charge in [0.25, 0.3) is 0 Å².